The summed E-state index contributed by atoms with van der Waals surface area (Å²) in [4.78, 5) is 2.72. The molecule has 2 rings (SSSR count). The van der Waals surface area contributed by atoms with E-state index in [0.717, 1.165) is 17.9 Å². The molecule has 0 aromatic carbocycles. The standard InChI is InChI=1S/C15H30N2/c1-3-13(2)15-12-17(10-5-9-16-15)11-8-14-6-4-7-14/h13-16H,3-12H2,1-2H3. The maximum absolute atomic E-state index is 3.74. The third-order valence-corrected chi connectivity index (χ3v) is 4.92. The average molecular weight is 238 g/mol. The third-order valence-electron chi connectivity index (χ3n) is 4.92. The molecule has 0 aromatic heterocycles. The van der Waals surface area contributed by atoms with Crippen LogP contribution in [-0.2, 0) is 0 Å². The van der Waals surface area contributed by atoms with Crippen molar-refractivity contribution in [2.24, 2.45) is 11.8 Å². The van der Waals surface area contributed by atoms with Gasteiger partial charge in [-0.3, -0.25) is 0 Å². The van der Waals surface area contributed by atoms with Crippen molar-refractivity contribution < 1.29 is 0 Å². The molecule has 1 saturated carbocycles. The molecular formula is C15H30N2. The van der Waals surface area contributed by atoms with E-state index in [0.29, 0.717) is 0 Å². The molecule has 2 heteroatoms. The van der Waals surface area contributed by atoms with Crippen molar-refractivity contribution in [1.29, 1.82) is 0 Å². The van der Waals surface area contributed by atoms with Gasteiger partial charge < -0.3 is 10.2 Å². The van der Waals surface area contributed by atoms with E-state index in [9.17, 15) is 0 Å². The molecule has 2 unspecified atom stereocenters. The minimum Gasteiger partial charge on any atom is -0.312 e. The van der Waals surface area contributed by atoms with Gasteiger partial charge >= 0.3 is 0 Å². The Morgan fingerprint density at radius 1 is 1.29 bits per heavy atom. The highest BCUT2D eigenvalue weighted by Crippen LogP contribution is 2.29. The number of hydrogen-bond acceptors (Lipinski definition) is 2. The molecule has 2 aliphatic rings. The van der Waals surface area contributed by atoms with Crippen molar-refractivity contribution in [3.8, 4) is 0 Å². The highest BCUT2D eigenvalue weighted by molar-refractivity contribution is 4.81. The minimum absolute atomic E-state index is 0.726. The highest BCUT2D eigenvalue weighted by Gasteiger charge is 2.23. The first-order valence-electron chi connectivity index (χ1n) is 7.75. The number of nitrogens with one attached hydrogen (secondary N) is 1. The van der Waals surface area contributed by atoms with Gasteiger partial charge in [-0.05, 0) is 44.3 Å². The van der Waals surface area contributed by atoms with E-state index in [4.69, 9.17) is 0 Å². The third kappa shape index (κ3) is 3.96. The molecule has 0 bridgehead atoms. The number of rotatable bonds is 5. The van der Waals surface area contributed by atoms with Crippen LogP contribution in [0.1, 0.15) is 52.4 Å². The van der Waals surface area contributed by atoms with E-state index in [2.05, 4.69) is 24.1 Å². The Morgan fingerprint density at radius 3 is 2.76 bits per heavy atom. The highest BCUT2D eigenvalue weighted by atomic mass is 15.2. The van der Waals surface area contributed by atoms with Crippen LogP contribution in [0.4, 0.5) is 0 Å². The molecule has 0 radical (unpaired) electrons. The zero-order chi connectivity index (χ0) is 12.1. The lowest BCUT2D eigenvalue weighted by Crippen LogP contribution is -2.42. The topological polar surface area (TPSA) is 15.3 Å². The van der Waals surface area contributed by atoms with Crippen LogP contribution in [0.3, 0.4) is 0 Å². The van der Waals surface area contributed by atoms with Crippen LogP contribution in [0.15, 0.2) is 0 Å². The van der Waals surface area contributed by atoms with E-state index in [-0.39, 0.29) is 0 Å². The van der Waals surface area contributed by atoms with Crippen LogP contribution >= 0.6 is 0 Å². The summed E-state index contributed by atoms with van der Waals surface area (Å²) in [7, 11) is 0. The monoisotopic (exact) mass is 238 g/mol. The van der Waals surface area contributed by atoms with Crippen LogP contribution in [-0.4, -0.2) is 37.1 Å². The molecule has 2 nitrogen and oxygen atoms in total. The average Bonchev–Trinajstić information content (AvgIpc) is 2.51. The quantitative estimate of drug-likeness (QED) is 0.792. The fourth-order valence-electron chi connectivity index (χ4n) is 3.04. The fraction of sp³-hybridized carbons (Fsp3) is 1.00. The Bertz CT molecular complexity index is 213. The van der Waals surface area contributed by atoms with E-state index in [1.165, 1.54) is 64.7 Å². The Labute approximate surface area is 107 Å². The van der Waals surface area contributed by atoms with Crippen molar-refractivity contribution in [2.45, 2.75) is 58.4 Å². The summed E-state index contributed by atoms with van der Waals surface area (Å²) in [6.07, 6.45) is 8.57. The molecule has 100 valence electrons. The second-order valence-corrected chi connectivity index (χ2v) is 6.19. The minimum atomic E-state index is 0.726. The van der Waals surface area contributed by atoms with Crippen molar-refractivity contribution in [3.05, 3.63) is 0 Å². The lowest BCUT2D eigenvalue weighted by atomic mass is 9.83. The van der Waals surface area contributed by atoms with Crippen molar-refractivity contribution in [1.82, 2.24) is 10.2 Å². The second kappa shape index (κ2) is 6.75. The van der Waals surface area contributed by atoms with Crippen LogP contribution in [0.2, 0.25) is 0 Å². The summed E-state index contributed by atoms with van der Waals surface area (Å²) in [5.74, 6) is 1.88. The molecule has 2 atom stereocenters. The zero-order valence-corrected chi connectivity index (χ0v) is 11.8. The molecule has 0 amide bonds. The number of nitrogens with zero attached hydrogens (tertiary/aromatic N) is 1. The van der Waals surface area contributed by atoms with Gasteiger partial charge in [0.1, 0.15) is 0 Å². The van der Waals surface area contributed by atoms with Crippen LogP contribution in [0, 0.1) is 11.8 Å². The van der Waals surface area contributed by atoms with E-state index in [1.807, 2.05) is 0 Å². The van der Waals surface area contributed by atoms with E-state index in [1.54, 1.807) is 0 Å². The smallest absolute Gasteiger partial charge is 0.0220 e. The van der Waals surface area contributed by atoms with Gasteiger partial charge in [-0.15, -0.1) is 0 Å². The van der Waals surface area contributed by atoms with Crippen molar-refractivity contribution in [3.63, 3.8) is 0 Å². The first kappa shape index (κ1) is 13.4. The van der Waals surface area contributed by atoms with Gasteiger partial charge in [0.25, 0.3) is 0 Å². The van der Waals surface area contributed by atoms with Crippen LogP contribution < -0.4 is 5.32 Å². The Kier molecular flexibility index (Phi) is 5.30. The lowest BCUT2D eigenvalue weighted by molar-refractivity contribution is 0.198. The molecule has 1 aliphatic heterocycles. The molecule has 17 heavy (non-hydrogen) atoms. The maximum Gasteiger partial charge on any atom is 0.0220 e. The van der Waals surface area contributed by atoms with Gasteiger partial charge in [0.2, 0.25) is 0 Å². The summed E-state index contributed by atoms with van der Waals surface area (Å²) in [5, 5.41) is 3.74. The molecule has 1 heterocycles. The second-order valence-electron chi connectivity index (χ2n) is 6.19. The predicted octanol–water partition coefficient (Wildman–Crippen LogP) is 2.89. The summed E-state index contributed by atoms with van der Waals surface area (Å²) >= 11 is 0. The maximum atomic E-state index is 3.74. The van der Waals surface area contributed by atoms with Crippen LogP contribution in [0.25, 0.3) is 0 Å². The van der Waals surface area contributed by atoms with Crippen molar-refractivity contribution in [2.75, 3.05) is 26.2 Å². The molecule has 0 spiro atoms. The fourth-order valence-corrected chi connectivity index (χ4v) is 3.04. The largest absolute Gasteiger partial charge is 0.312 e. The Hall–Kier alpha value is -0.0800. The van der Waals surface area contributed by atoms with Crippen LogP contribution in [0.5, 0.6) is 0 Å². The molecule has 1 saturated heterocycles. The molecule has 1 N–H and O–H groups in total. The summed E-state index contributed by atoms with van der Waals surface area (Å²) < 4.78 is 0. The Balaban J connectivity index is 1.74. The van der Waals surface area contributed by atoms with E-state index < -0.39 is 0 Å². The van der Waals surface area contributed by atoms with Gasteiger partial charge in [-0.25, -0.2) is 0 Å². The normalized spacial score (nSPS) is 29.6. The molecule has 2 fully saturated rings. The van der Waals surface area contributed by atoms with Gasteiger partial charge in [0.15, 0.2) is 0 Å². The van der Waals surface area contributed by atoms with Gasteiger partial charge in [0.05, 0.1) is 0 Å². The first-order chi connectivity index (χ1) is 8.29. The predicted molar refractivity (Wildman–Crippen MR) is 74.3 cm³/mol. The summed E-state index contributed by atoms with van der Waals surface area (Å²) in [6, 6.07) is 0.726. The zero-order valence-electron chi connectivity index (χ0n) is 11.8. The Morgan fingerprint density at radius 2 is 2.12 bits per heavy atom. The summed E-state index contributed by atoms with van der Waals surface area (Å²) in [6.45, 7) is 9.87. The van der Waals surface area contributed by atoms with Gasteiger partial charge in [-0.1, -0.05) is 39.5 Å². The van der Waals surface area contributed by atoms with Gasteiger partial charge in [0, 0.05) is 12.6 Å². The number of hydrogen-bond donors (Lipinski definition) is 1. The molecule has 0 aromatic rings. The van der Waals surface area contributed by atoms with E-state index >= 15 is 0 Å². The molecular weight excluding hydrogens is 208 g/mol. The first-order valence-corrected chi connectivity index (χ1v) is 7.75. The van der Waals surface area contributed by atoms with Crippen molar-refractivity contribution >= 4 is 0 Å². The van der Waals surface area contributed by atoms with Gasteiger partial charge in [-0.2, -0.15) is 0 Å². The SMILES string of the molecule is CCC(C)C1CN(CCC2CCC2)CCCN1. The molecule has 1 aliphatic carbocycles. The summed E-state index contributed by atoms with van der Waals surface area (Å²) in [5.41, 5.74) is 0. The lowest BCUT2D eigenvalue weighted by Gasteiger charge is -2.31.